The van der Waals surface area contributed by atoms with Gasteiger partial charge < -0.3 is 23.2 Å². The van der Waals surface area contributed by atoms with Gasteiger partial charge in [-0.05, 0) is 60.1 Å². The predicted molar refractivity (Wildman–Crippen MR) is 127 cm³/mol. The molecule has 0 fully saturated rings. The average molecular weight is 425 g/mol. The molecule has 0 aliphatic carbocycles. The first kappa shape index (κ1) is 26.6. The highest BCUT2D eigenvalue weighted by atomic mass is 16.5. The standard InChI is InChI=1S/C25H48N2O3/c1-8-20-30-25-23(28-21-18-26(9-2,10-3)11-4)16-15-17-24(25)29-22-19-27(12-5,13-6)14-7/h15-17H,8-14,18-22H2,1-7H3/q+2. The summed E-state index contributed by atoms with van der Waals surface area (Å²) >= 11 is 0. The molecule has 1 aromatic rings. The quantitative estimate of drug-likeness (QED) is 0.330. The third-order valence-corrected chi connectivity index (χ3v) is 7.06. The normalized spacial score (nSPS) is 12.1. The number of benzene rings is 1. The van der Waals surface area contributed by atoms with Crippen LogP contribution in [0.5, 0.6) is 17.2 Å². The molecule has 5 heteroatoms. The zero-order chi connectivity index (χ0) is 22.5. The minimum Gasteiger partial charge on any atom is -0.486 e. The van der Waals surface area contributed by atoms with E-state index in [0.717, 1.165) is 85.0 Å². The van der Waals surface area contributed by atoms with Crippen molar-refractivity contribution in [2.45, 2.75) is 54.9 Å². The van der Waals surface area contributed by atoms with Gasteiger partial charge in [0.2, 0.25) is 5.75 Å². The highest BCUT2D eigenvalue weighted by Crippen LogP contribution is 2.37. The minimum absolute atomic E-state index is 0.661. The average Bonchev–Trinajstić information content (AvgIpc) is 2.79. The van der Waals surface area contributed by atoms with Gasteiger partial charge in [-0.1, -0.05) is 13.0 Å². The van der Waals surface area contributed by atoms with Crippen LogP contribution in [0.3, 0.4) is 0 Å². The van der Waals surface area contributed by atoms with E-state index >= 15 is 0 Å². The van der Waals surface area contributed by atoms with Gasteiger partial charge >= 0.3 is 0 Å². The van der Waals surface area contributed by atoms with Gasteiger partial charge in [-0.25, -0.2) is 0 Å². The smallest absolute Gasteiger partial charge is 0.203 e. The monoisotopic (exact) mass is 424 g/mol. The van der Waals surface area contributed by atoms with E-state index in [0.29, 0.717) is 19.8 Å². The lowest BCUT2D eigenvalue weighted by molar-refractivity contribution is -0.923. The van der Waals surface area contributed by atoms with Crippen LogP contribution >= 0.6 is 0 Å². The van der Waals surface area contributed by atoms with Crippen molar-refractivity contribution in [2.24, 2.45) is 0 Å². The summed E-state index contributed by atoms with van der Waals surface area (Å²) in [4.78, 5) is 0. The van der Waals surface area contributed by atoms with Crippen molar-refractivity contribution in [3.05, 3.63) is 18.2 Å². The van der Waals surface area contributed by atoms with Crippen molar-refractivity contribution in [2.75, 3.05) is 72.2 Å². The lowest BCUT2D eigenvalue weighted by Crippen LogP contribution is -2.50. The number of rotatable bonds is 17. The fraction of sp³-hybridized carbons (Fsp3) is 0.760. The molecule has 0 aliphatic rings. The maximum absolute atomic E-state index is 6.22. The summed E-state index contributed by atoms with van der Waals surface area (Å²) < 4.78 is 20.7. The molecule has 0 aliphatic heterocycles. The van der Waals surface area contributed by atoms with Crippen LogP contribution in [-0.2, 0) is 0 Å². The maximum Gasteiger partial charge on any atom is 0.203 e. The van der Waals surface area contributed by atoms with Crippen molar-refractivity contribution < 1.29 is 23.2 Å². The van der Waals surface area contributed by atoms with Crippen LogP contribution < -0.4 is 14.2 Å². The Balaban J connectivity index is 2.88. The Morgan fingerprint density at radius 3 is 1.30 bits per heavy atom. The molecular weight excluding hydrogens is 376 g/mol. The largest absolute Gasteiger partial charge is 0.486 e. The molecule has 0 amide bonds. The second-order valence-corrected chi connectivity index (χ2v) is 8.16. The Hall–Kier alpha value is -1.46. The minimum atomic E-state index is 0.661. The topological polar surface area (TPSA) is 27.7 Å². The second kappa shape index (κ2) is 13.8. The third kappa shape index (κ3) is 7.35. The SMILES string of the molecule is CCCOc1c(OCC[N+](CC)(CC)CC)cccc1OCC[N+](CC)(CC)CC. The molecule has 0 spiro atoms. The van der Waals surface area contributed by atoms with Gasteiger partial charge in [0, 0.05) is 0 Å². The van der Waals surface area contributed by atoms with Crippen LogP contribution in [0.15, 0.2) is 18.2 Å². The molecule has 0 unspecified atom stereocenters. The van der Waals surface area contributed by atoms with Crippen LogP contribution in [0.1, 0.15) is 54.9 Å². The number of hydrogen-bond donors (Lipinski definition) is 0. The summed E-state index contributed by atoms with van der Waals surface area (Å²) in [7, 11) is 0. The fourth-order valence-electron chi connectivity index (χ4n) is 4.06. The van der Waals surface area contributed by atoms with Gasteiger partial charge in [0.05, 0.1) is 45.9 Å². The van der Waals surface area contributed by atoms with Crippen LogP contribution in [-0.4, -0.2) is 81.1 Å². The first-order valence-electron chi connectivity index (χ1n) is 12.2. The molecule has 0 radical (unpaired) electrons. The molecule has 0 saturated carbocycles. The Morgan fingerprint density at radius 1 is 0.567 bits per heavy atom. The number of hydrogen-bond acceptors (Lipinski definition) is 3. The fourth-order valence-corrected chi connectivity index (χ4v) is 4.06. The highest BCUT2D eigenvalue weighted by Gasteiger charge is 2.23. The van der Waals surface area contributed by atoms with Crippen molar-refractivity contribution in [3.8, 4) is 17.2 Å². The molecule has 30 heavy (non-hydrogen) atoms. The Bertz CT molecular complexity index is 523. The lowest BCUT2D eigenvalue weighted by atomic mass is 10.3. The van der Waals surface area contributed by atoms with E-state index in [-0.39, 0.29) is 0 Å². The molecule has 1 rings (SSSR count). The van der Waals surface area contributed by atoms with Crippen molar-refractivity contribution >= 4 is 0 Å². The van der Waals surface area contributed by atoms with Crippen LogP contribution in [0, 0.1) is 0 Å². The second-order valence-electron chi connectivity index (χ2n) is 8.16. The van der Waals surface area contributed by atoms with E-state index in [1.165, 1.54) is 0 Å². The first-order valence-corrected chi connectivity index (χ1v) is 12.2. The van der Waals surface area contributed by atoms with E-state index in [1.807, 2.05) is 18.2 Å². The van der Waals surface area contributed by atoms with Gasteiger partial charge in [-0.3, -0.25) is 0 Å². The number of quaternary nitrogens is 2. The zero-order valence-electron chi connectivity index (χ0n) is 20.8. The van der Waals surface area contributed by atoms with Gasteiger partial charge in [-0.2, -0.15) is 0 Å². The predicted octanol–water partition coefficient (Wildman–Crippen LogP) is 4.99. The summed E-state index contributed by atoms with van der Waals surface area (Å²) in [6.45, 7) is 26.5. The highest BCUT2D eigenvalue weighted by molar-refractivity contribution is 5.51. The van der Waals surface area contributed by atoms with Crippen molar-refractivity contribution in [1.29, 1.82) is 0 Å². The van der Waals surface area contributed by atoms with E-state index < -0.39 is 0 Å². The molecule has 174 valence electrons. The Labute approximate surface area is 186 Å². The Kier molecular flexibility index (Phi) is 12.2. The van der Waals surface area contributed by atoms with Gasteiger partial charge in [0.15, 0.2) is 11.5 Å². The van der Waals surface area contributed by atoms with Crippen molar-refractivity contribution in [1.82, 2.24) is 0 Å². The molecule has 0 bridgehead atoms. The number of ether oxygens (including phenoxy) is 3. The van der Waals surface area contributed by atoms with Gasteiger partial charge in [0.1, 0.15) is 26.3 Å². The van der Waals surface area contributed by atoms with E-state index in [2.05, 4.69) is 48.5 Å². The molecule has 0 saturated heterocycles. The number of likely N-dealkylation sites (N-methyl/N-ethyl adjacent to an activating group) is 2. The van der Waals surface area contributed by atoms with Crippen LogP contribution in [0.2, 0.25) is 0 Å². The van der Waals surface area contributed by atoms with Gasteiger partial charge in [-0.15, -0.1) is 0 Å². The lowest BCUT2D eigenvalue weighted by Gasteiger charge is -2.35. The summed E-state index contributed by atoms with van der Waals surface area (Å²) in [5, 5.41) is 0. The van der Waals surface area contributed by atoms with E-state index in [9.17, 15) is 0 Å². The molecule has 0 N–H and O–H groups in total. The first-order chi connectivity index (χ1) is 14.5. The summed E-state index contributed by atoms with van der Waals surface area (Å²) in [6.07, 6.45) is 0.955. The molecular formula is C25H48N2O3+2. The molecule has 0 atom stereocenters. The zero-order valence-corrected chi connectivity index (χ0v) is 20.8. The molecule has 0 aromatic heterocycles. The van der Waals surface area contributed by atoms with Crippen molar-refractivity contribution in [3.63, 3.8) is 0 Å². The molecule has 0 heterocycles. The summed E-state index contributed by atoms with van der Waals surface area (Å²) in [5.41, 5.74) is 0. The van der Waals surface area contributed by atoms with E-state index in [1.54, 1.807) is 0 Å². The maximum atomic E-state index is 6.22. The number of nitrogens with zero attached hydrogens (tertiary/aromatic N) is 2. The Morgan fingerprint density at radius 2 is 0.967 bits per heavy atom. The van der Waals surface area contributed by atoms with E-state index in [4.69, 9.17) is 14.2 Å². The molecule has 5 nitrogen and oxygen atoms in total. The van der Waals surface area contributed by atoms with Crippen LogP contribution in [0.4, 0.5) is 0 Å². The molecule has 1 aromatic carbocycles. The van der Waals surface area contributed by atoms with Gasteiger partial charge in [0.25, 0.3) is 0 Å². The third-order valence-electron chi connectivity index (χ3n) is 7.06. The summed E-state index contributed by atoms with van der Waals surface area (Å²) in [5.74, 6) is 2.35. The summed E-state index contributed by atoms with van der Waals surface area (Å²) in [6, 6.07) is 6.01. The van der Waals surface area contributed by atoms with Crippen LogP contribution in [0.25, 0.3) is 0 Å². The number of para-hydroxylation sites is 1.